The Kier molecular flexibility index (Phi) is 3.95. The second-order valence-corrected chi connectivity index (χ2v) is 5.63. The van der Waals surface area contributed by atoms with Crippen LogP contribution in [0.25, 0.3) is 0 Å². The van der Waals surface area contributed by atoms with Gasteiger partial charge in [0.05, 0.1) is 6.54 Å². The molecule has 0 saturated carbocycles. The largest absolute Gasteiger partial charge is 0.290 e. The lowest BCUT2D eigenvalue weighted by molar-refractivity contribution is -0.125. The monoisotopic (exact) mass is 318 g/mol. The van der Waals surface area contributed by atoms with E-state index in [-0.39, 0.29) is 12.5 Å². The highest BCUT2D eigenvalue weighted by Gasteiger charge is 2.26. The number of carbonyl (C=O) groups is 1. The van der Waals surface area contributed by atoms with Crippen molar-refractivity contribution in [2.24, 2.45) is 4.99 Å². The highest BCUT2D eigenvalue weighted by atomic mass is 35.5. The van der Waals surface area contributed by atoms with Gasteiger partial charge in [0.2, 0.25) is 5.91 Å². The van der Waals surface area contributed by atoms with E-state index in [1.54, 1.807) is 17.0 Å². The van der Waals surface area contributed by atoms with Crippen LogP contribution >= 0.6 is 23.2 Å². The Morgan fingerprint density at radius 2 is 1.52 bits per heavy atom. The molecule has 2 aromatic carbocycles. The third kappa shape index (κ3) is 3.09. The lowest BCUT2D eigenvalue weighted by Gasteiger charge is -2.19. The lowest BCUT2D eigenvalue weighted by Crippen LogP contribution is -2.32. The summed E-state index contributed by atoms with van der Waals surface area (Å²) in [6.45, 7) is 0.670. The molecule has 2 aromatic rings. The van der Waals surface area contributed by atoms with Gasteiger partial charge in [0.15, 0.2) is 0 Å². The summed E-state index contributed by atoms with van der Waals surface area (Å²) in [6, 6.07) is 14.8. The van der Waals surface area contributed by atoms with E-state index in [4.69, 9.17) is 23.2 Å². The van der Waals surface area contributed by atoms with E-state index in [1.807, 2.05) is 36.4 Å². The van der Waals surface area contributed by atoms with Crippen molar-refractivity contribution in [1.82, 2.24) is 4.90 Å². The van der Waals surface area contributed by atoms with Crippen molar-refractivity contribution in [3.63, 3.8) is 0 Å². The van der Waals surface area contributed by atoms with Crippen LogP contribution in [-0.2, 0) is 11.3 Å². The van der Waals surface area contributed by atoms with Gasteiger partial charge in [-0.2, -0.15) is 0 Å². The van der Waals surface area contributed by atoms with Crippen LogP contribution in [0, 0.1) is 0 Å². The van der Waals surface area contributed by atoms with Crippen molar-refractivity contribution in [2.45, 2.75) is 6.54 Å². The Bertz CT molecular complexity index is 693. The Hall–Kier alpha value is -1.84. The topological polar surface area (TPSA) is 32.7 Å². The molecule has 3 rings (SSSR count). The maximum Gasteiger partial charge on any atom is 0.250 e. The summed E-state index contributed by atoms with van der Waals surface area (Å²) in [5, 5.41) is 1.34. The zero-order valence-corrected chi connectivity index (χ0v) is 12.6. The van der Waals surface area contributed by atoms with Crippen LogP contribution in [0.3, 0.4) is 0 Å². The number of benzene rings is 2. The second-order valence-electron chi connectivity index (χ2n) is 4.75. The van der Waals surface area contributed by atoms with E-state index in [9.17, 15) is 4.79 Å². The molecule has 0 fully saturated rings. The predicted octanol–water partition coefficient (Wildman–Crippen LogP) is 3.78. The first-order valence-electron chi connectivity index (χ1n) is 6.49. The van der Waals surface area contributed by atoms with Gasteiger partial charge in [-0.15, -0.1) is 0 Å². The summed E-state index contributed by atoms with van der Waals surface area (Å²) < 4.78 is 0. The highest BCUT2D eigenvalue weighted by Crippen LogP contribution is 2.19. The number of hydrogen-bond acceptors (Lipinski definition) is 2. The van der Waals surface area contributed by atoms with Crippen molar-refractivity contribution in [3.8, 4) is 0 Å². The summed E-state index contributed by atoms with van der Waals surface area (Å²) in [5.41, 5.74) is 1.90. The highest BCUT2D eigenvalue weighted by molar-refractivity contribution is 6.31. The van der Waals surface area contributed by atoms with Gasteiger partial charge >= 0.3 is 0 Å². The fourth-order valence-electron chi connectivity index (χ4n) is 2.21. The second kappa shape index (κ2) is 5.88. The zero-order valence-electron chi connectivity index (χ0n) is 11.1. The van der Waals surface area contributed by atoms with Gasteiger partial charge in [-0.3, -0.25) is 14.7 Å². The molecular weight excluding hydrogens is 307 g/mol. The summed E-state index contributed by atoms with van der Waals surface area (Å²) in [5.74, 6) is 0.682. The number of aliphatic imine (C=N–C) groups is 1. The molecule has 0 bridgehead atoms. The van der Waals surface area contributed by atoms with Crippen molar-refractivity contribution >= 4 is 34.9 Å². The normalized spacial score (nSPS) is 14.5. The molecule has 5 heteroatoms. The molecule has 106 valence electrons. The van der Waals surface area contributed by atoms with Crippen LogP contribution in [0.15, 0.2) is 53.5 Å². The molecule has 1 amide bonds. The predicted molar refractivity (Wildman–Crippen MR) is 84.9 cm³/mol. The van der Waals surface area contributed by atoms with E-state index in [2.05, 4.69) is 4.99 Å². The number of carbonyl (C=O) groups excluding carboxylic acids is 1. The molecule has 0 aliphatic carbocycles. The van der Waals surface area contributed by atoms with E-state index >= 15 is 0 Å². The number of amidine groups is 1. The average Bonchev–Trinajstić information content (AvgIpc) is 2.84. The van der Waals surface area contributed by atoms with E-state index in [1.165, 1.54) is 0 Å². The van der Waals surface area contributed by atoms with Gasteiger partial charge in [0, 0.05) is 15.6 Å². The first-order chi connectivity index (χ1) is 10.1. The van der Waals surface area contributed by atoms with Gasteiger partial charge in [-0.05, 0) is 42.0 Å². The summed E-state index contributed by atoms with van der Waals surface area (Å²) in [6.07, 6.45) is 0. The van der Waals surface area contributed by atoms with Crippen molar-refractivity contribution in [3.05, 3.63) is 69.7 Å². The Balaban J connectivity index is 1.85. The van der Waals surface area contributed by atoms with Crippen LogP contribution in [0.5, 0.6) is 0 Å². The quantitative estimate of drug-likeness (QED) is 0.847. The molecule has 1 aliphatic rings. The molecule has 0 unspecified atom stereocenters. The van der Waals surface area contributed by atoms with E-state index in [0.717, 1.165) is 11.1 Å². The molecule has 0 radical (unpaired) electrons. The molecule has 21 heavy (non-hydrogen) atoms. The van der Waals surface area contributed by atoms with Crippen LogP contribution in [0.4, 0.5) is 0 Å². The van der Waals surface area contributed by atoms with Gasteiger partial charge in [-0.1, -0.05) is 35.3 Å². The van der Waals surface area contributed by atoms with Crippen molar-refractivity contribution in [1.29, 1.82) is 0 Å². The molecule has 0 atom stereocenters. The smallest absolute Gasteiger partial charge is 0.250 e. The maximum atomic E-state index is 12.1. The zero-order chi connectivity index (χ0) is 14.8. The average molecular weight is 319 g/mol. The van der Waals surface area contributed by atoms with Gasteiger partial charge in [0.25, 0.3) is 0 Å². The van der Waals surface area contributed by atoms with Gasteiger partial charge < -0.3 is 0 Å². The minimum atomic E-state index is -0.00472. The minimum Gasteiger partial charge on any atom is -0.290 e. The third-order valence-electron chi connectivity index (χ3n) is 3.28. The number of amides is 1. The molecule has 3 nitrogen and oxygen atoms in total. The molecule has 1 aliphatic heterocycles. The summed E-state index contributed by atoms with van der Waals surface area (Å²) in [4.78, 5) is 18.1. The molecule has 0 N–H and O–H groups in total. The van der Waals surface area contributed by atoms with Crippen molar-refractivity contribution in [2.75, 3.05) is 6.54 Å². The van der Waals surface area contributed by atoms with Gasteiger partial charge in [0.1, 0.15) is 12.4 Å². The third-order valence-corrected chi connectivity index (χ3v) is 3.78. The van der Waals surface area contributed by atoms with Crippen LogP contribution < -0.4 is 0 Å². The first-order valence-corrected chi connectivity index (χ1v) is 7.24. The van der Waals surface area contributed by atoms with Gasteiger partial charge in [-0.25, -0.2) is 0 Å². The molecule has 0 aromatic heterocycles. The standard InChI is InChI=1S/C16H12Cl2N2O/c17-13-5-1-11(2-6-13)10-20-15(21)9-19-16(20)12-3-7-14(18)8-4-12/h1-8H,9-10H2. The number of rotatable bonds is 3. The number of halogens is 2. The van der Waals surface area contributed by atoms with Crippen LogP contribution in [-0.4, -0.2) is 23.2 Å². The molecule has 0 saturated heterocycles. The minimum absolute atomic E-state index is 0.00472. The Morgan fingerprint density at radius 3 is 2.14 bits per heavy atom. The molecule has 0 spiro atoms. The van der Waals surface area contributed by atoms with Crippen LogP contribution in [0.2, 0.25) is 10.0 Å². The summed E-state index contributed by atoms with van der Waals surface area (Å²) in [7, 11) is 0. The SMILES string of the molecule is O=C1CN=C(c2ccc(Cl)cc2)N1Cc1ccc(Cl)cc1. The Morgan fingerprint density at radius 1 is 0.952 bits per heavy atom. The summed E-state index contributed by atoms with van der Waals surface area (Å²) >= 11 is 11.8. The lowest BCUT2D eigenvalue weighted by atomic mass is 10.1. The fourth-order valence-corrected chi connectivity index (χ4v) is 2.46. The van der Waals surface area contributed by atoms with Crippen molar-refractivity contribution < 1.29 is 4.79 Å². The number of nitrogens with zero attached hydrogens (tertiary/aromatic N) is 2. The fraction of sp³-hybridized carbons (Fsp3) is 0.125. The van der Waals surface area contributed by atoms with E-state index in [0.29, 0.717) is 22.4 Å². The van der Waals surface area contributed by atoms with Crippen LogP contribution in [0.1, 0.15) is 11.1 Å². The molecular formula is C16H12Cl2N2O. The molecule has 1 heterocycles. The Labute approximate surface area is 132 Å². The maximum absolute atomic E-state index is 12.1. The first kappa shape index (κ1) is 14.1. The number of hydrogen-bond donors (Lipinski definition) is 0. The van der Waals surface area contributed by atoms with E-state index < -0.39 is 0 Å².